The highest BCUT2D eigenvalue weighted by Crippen LogP contribution is 2.27. The molecule has 0 aliphatic heterocycles. The van der Waals surface area contributed by atoms with Gasteiger partial charge in [0.25, 0.3) is 0 Å². The van der Waals surface area contributed by atoms with Crippen LogP contribution >= 0.6 is 12.2 Å². The molecule has 0 amide bonds. The summed E-state index contributed by atoms with van der Waals surface area (Å²) >= 11 is 5.83. The van der Waals surface area contributed by atoms with Gasteiger partial charge >= 0.3 is 0 Å². The molecule has 132 valence electrons. The summed E-state index contributed by atoms with van der Waals surface area (Å²) in [4.78, 5) is 6.83. The van der Waals surface area contributed by atoms with Crippen molar-refractivity contribution in [2.45, 2.75) is 59.0 Å². The summed E-state index contributed by atoms with van der Waals surface area (Å²) < 4.78 is 0. The average Bonchev–Trinajstić information content (AvgIpc) is 3.11. The molecule has 2 aromatic rings. The third kappa shape index (κ3) is 4.37. The van der Waals surface area contributed by atoms with Crippen LogP contribution in [0.2, 0.25) is 0 Å². The van der Waals surface area contributed by atoms with E-state index in [0.29, 0.717) is 6.04 Å². The molecule has 0 atom stereocenters. The number of aromatic nitrogens is 1. The second kappa shape index (κ2) is 7.96. The van der Waals surface area contributed by atoms with E-state index in [0.717, 1.165) is 23.0 Å². The van der Waals surface area contributed by atoms with Gasteiger partial charge in [0.05, 0.1) is 12.2 Å². The first-order valence-electron chi connectivity index (χ1n) is 9.10. The van der Waals surface area contributed by atoms with E-state index in [1.165, 1.54) is 42.4 Å². The van der Waals surface area contributed by atoms with Crippen molar-refractivity contribution in [1.29, 1.82) is 0 Å². The van der Waals surface area contributed by atoms with Crippen molar-refractivity contribution in [3.63, 3.8) is 0 Å². The third-order valence-electron chi connectivity index (χ3n) is 4.99. The van der Waals surface area contributed by atoms with Gasteiger partial charge in [-0.15, -0.1) is 0 Å². The van der Waals surface area contributed by atoms with Gasteiger partial charge in [-0.05, 0) is 69.1 Å². The first-order chi connectivity index (χ1) is 12.0. The summed E-state index contributed by atoms with van der Waals surface area (Å²) in [7, 11) is 0. The summed E-state index contributed by atoms with van der Waals surface area (Å²) in [6.45, 7) is 7.18. The molecule has 0 unspecified atom stereocenters. The van der Waals surface area contributed by atoms with Crippen LogP contribution in [0.25, 0.3) is 0 Å². The summed E-state index contributed by atoms with van der Waals surface area (Å²) in [5.41, 5.74) is 5.97. The van der Waals surface area contributed by atoms with Gasteiger partial charge in [-0.2, -0.15) is 0 Å². The quantitative estimate of drug-likeness (QED) is 0.770. The molecular formula is C21H27N3S. The van der Waals surface area contributed by atoms with Crippen molar-refractivity contribution in [3.8, 4) is 0 Å². The van der Waals surface area contributed by atoms with Crippen LogP contribution in [0, 0.1) is 20.8 Å². The lowest BCUT2D eigenvalue weighted by molar-refractivity contribution is 0.309. The molecule has 0 saturated heterocycles. The lowest BCUT2D eigenvalue weighted by Crippen LogP contribution is -2.41. The summed E-state index contributed by atoms with van der Waals surface area (Å²) in [5, 5.41) is 4.35. The normalized spacial score (nSPS) is 14.5. The lowest BCUT2D eigenvalue weighted by atomic mass is 10.1. The van der Waals surface area contributed by atoms with Crippen LogP contribution in [0.5, 0.6) is 0 Å². The maximum absolute atomic E-state index is 5.83. The number of nitrogens with one attached hydrogen (secondary N) is 1. The molecule has 1 aliphatic rings. The van der Waals surface area contributed by atoms with E-state index in [1.54, 1.807) is 0 Å². The number of nitrogens with zero attached hydrogens (tertiary/aromatic N) is 2. The number of benzene rings is 1. The van der Waals surface area contributed by atoms with Gasteiger partial charge in [0.1, 0.15) is 0 Å². The number of aryl methyl sites for hydroxylation is 3. The van der Waals surface area contributed by atoms with E-state index in [2.05, 4.69) is 54.2 Å². The van der Waals surface area contributed by atoms with Gasteiger partial charge < -0.3 is 10.2 Å². The van der Waals surface area contributed by atoms with Gasteiger partial charge in [-0.25, -0.2) is 0 Å². The lowest BCUT2D eigenvalue weighted by Gasteiger charge is -2.32. The molecule has 25 heavy (non-hydrogen) atoms. The molecule has 3 rings (SSSR count). The van der Waals surface area contributed by atoms with E-state index in [4.69, 9.17) is 12.2 Å². The molecule has 1 aromatic carbocycles. The number of thiocarbonyl (C=S) groups is 1. The standard InChI is InChI=1S/C21H27N3S/c1-15-12-16(2)20(17(3)13-15)23-21(25)24(19-9-4-5-10-19)14-18-8-6-7-11-22-18/h6-8,11-13,19H,4-5,9-10,14H2,1-3H3,(H,23,25). The van der Waals surface area contributed by atoms with Crippen molar-refractivity contribution in [2.75, 3.05) is 5.32 Å². The van der Waals surface area contributed by atoms with E-state index in [1.807, 2.05) is 18.3 Å². The Hall–Kier alpha value is -1.94. The maximum Gasteiger partial charge on any atom is 0.174 e. The van der Waals surface area contributed by atoms with E-state index in [-0.39, 0.29) is 0 Å². The van der Waals surface area contributed by atoms with E-state index in [9.17, 15) is 0 Å². The highest BCUT2D eigenvalue weighted by atomic mass is 32.1. The molecule has 1 fully saturated rings. The van der Waals surface area contributed by atoms with Crippen LogP contribution in [-0.4, -0.2) is 21.0 Å². The van der Waals surface area contributed by atoms with Gasteiger partial charge in [-0.1, -0.05) is 36.6 Å². The Balaban J connectivity index is 1.82. The first-order valence-corrected chi connectivity index (χ1v) is 9.51. The highest BCUT2D eigenvalue weighted by molar-refractivity contribution is 7.80. The largest absolute Gasteiger partial charge is 0.340 e. The Morgan fingerprint density at radius 2 is 1.84 bits per heavy atom. The van der Waals surface area contributed by atoms with Crippen molar-refractivity contribution >= 4 is 23.0 Å². The molecule has 1 saturated carbocycles. The minimum atomic E-state index is 0.507. The summed E-state index contributed by atoms with van der Waals surface area (Å²) in [6, 6.07) is 11.0. The summed E-state index contributed by atoms with van der Waals surface area (Å²) in [5.74, 6) is 0. The van der Waals surface area contributed by atoms with Gasteiger partial charge in [0.15, 0.2) is 5.11 Å². The SMILES string of the molecule is Cc1cc(C)c(NC(=S)N(Cc2ccccn2)C2CCCC2)c(C)c1. The fourth-order valence-electron chi connectivity index (χ4n) is 3.80. The zero-order valence-corrected chi connectivity index (χ0v) is 16.2. The molecule has 1 heterocycles. The number of anilines is 1. The molecule has 0 bridgehead atoms. The number of hydrogen-bond acceptors (Lipinski definition) is 2. The molecule has 0 radical (unpaired) electrons. The second-order valence-electron chi connectivity index (χ2n) is 7.09. The Bertz CT molecular complexity index is 713. The Morgan fingerprint density at radius 3 is 2.44 bits per heavy atom. The number of hydrogen-bond donors (Lipinski definition) is 1. The predicted octanol–water partition coefficient (Wildman–Crippen LogP) is 5.15. The average molecular weight is 354 g/mol. The number of pyridine rings is 1. The molecule has 1 aromatic heterocycles. The zero-order valence-electron chi connectivity index (χ0n) is 15.4. The monoisotopic (exact) mass is 353 g/mol. The fourth-order valence-corrected chi connectivity index (χ4v) is 4.12. The van der Waals surface area contributed by atoms with Crippen LogP contribution in [-0.2, 0) is 6.54 Å². The first kappa shape index (κ1) is 17.9. The van der Waals surface area contributed by atoms with Crippen LogP contribution in [0.3, 0.4) is 0 Å². The minimum absolute atomic E-state index is 0.507. The maximum atomic E-state index is 5.83. The molecule has 0 spiro atoms. The Labute approximate surface area is 156 Å². The smallest absolute Gasteiger partial charge is 0.174 e. The predicted molar refractivity (Wildman–Crippen MR) is 109 cm³/mol. The third-order valence-corrected chi connectivity index (χ3v) is 5.33. The molecular weight excluding hydrogens is 326 g/mol. The molecule has 1 N–H and O–H groups in total. The van der Waals surface area contributed by atoms with Crippen LogP contribution in [0.4, 0.5) is 5.69 Å². The molecule has 1 aliphatic carbocycles. The Kier molecular flexibility index (Phi) is 5.69. The van der Waals surface area contributed by atoms with Crippen molar-refractivity contribution in [3.05, 3.63) is 58.9 Å². The van der Waals surface area contributed by atoms with Crippen molar-refractivity contribution in [1.82, 2.24) is 9.88 Å². The highest BCUT2D eigenvalue weighted by Gasteiger charge is 2.25. The van der Waals surface area contributed by atoms with E-state index >= 15 is 0 Å². The number of rotatable bonds is 4. The molecule has 3 nitrogen and oxygen atoms in total. The van der Waals surface area contributed by atoms with Gasteiger partial charge in [0.2, 0.25) is 0 Å². The van der Waals surface area contributed by atoms with Crippen molar-refractivity contribution in [2.24, 2.45) is 0 Å². The van der Waals surface area contributed by atoms with E-state index < -0.39 is 0 Å². The zero-order chi connectivity index (χ0) is 17.8. The fraction of sp³-hybridized carbons (Fsp3) is 0.429. The minimum Gasteiger partial charge on any atom is -0.340 e. The van der Waals surface area contributed by atoms with Crippen LogP contribution in [0.1, 0.15) is 48.1 Å². The van der Waals surface area contributed by atoms with Crippen LogP contribution in [0.15, 0.2) is 36.5 Å². The Morgan fingerprint density at radius 1 is 1.16 bits per heavy atom. The van der Waals surface area contributed by atoms with Gasteiger partial charge in [-0.3, -0.25) is 4.98 Å². The second-order valence-corrected chi connectivity index (χ2v) is 7.48. The summed E-state index contributed by atoms with van der Waals surface area (Å²) in [6.07, 6.45) is 6.84. The molecule has 4 heteroatoms. The topological polar surface area (TPSA) is 28.2 Å². The van der Waals surface area contributed by atoms with Crippen LogP contribution < -0.4 is 5.32 Å². The van der Waals surface area contributed by atoms with Gasteiger partial charge in [0, 0.05) is 17.9 Å². The van der Waals surface area contributed by atoms with Crippen molar-refractivity contribution < 1.29 is 0 Å².